The monoisotopic (exact) mass is 304 g/mol. The molecule has 4 nitrogen and oxygen atoms in total. The van der Waals surface area contributed by atoms with Crippen LogP contribution in [0.1, 0.15) is 13.8 Å². The Morgan fingerprint density at radius 3 is 2.81 bits per heavy atom. The van der Waals surface area contributed by atoms with Gasteiger partial charge in [-0.25, -0.2) is 0 Å². The van der Waals surface area contributed by atoms with Gasteiger partial charge in [-0.05, 0) is 31.6 Å². The Bertz CT molecular complexity index is 538. The van der Waals surface area contributed by atoms with E-state index in [0.717, 1.165) is 28.5 Å². The fourth-order valence-electron chi connectivity index (χ4n) is 1.65. The molecule has 5 heteroatoms. The van der Waals surface area contributed by atoms with Crippen molar-refractivity contribution in [2.24, 2.45) is 10.2 Å². The second kappa shape index (κ2) is 8.52. The Morgan fingerprint density at radius 1 is 1.33 bits per heavy atom. The highest BCUT2D eigenvalue weighted by molar-refractivity contribution is 7.99. The number of para-hydroxylation sites is 1. The zero-order valence-electron chi connectivity index (χ0n) is 12.4. The van der Waals surface area contributed by atoms with Gasteiger partial charge in [0.1, 0.15) is 18.1 Å². The minimum absolute atomic E-state index is 0.510. The number of benzene rings is 1. The molecule has 0 aromatic heterocycles. The van der Waals surface area contributed by atoms with E-state index < -0.39 is 0 Å². The summed E-state index contributed by atoms with van der Waals surface area (Å²) in [6.07, 6.45) is 2.01. The fraction of sp³-hybridized carbons (Fsp3) is 0.375. The fourth-order valence-corrected chi connectivity index (χ4v) is 2.31. The van der Waals surface area contributed by atoms with Gasteiger partial charge in [0.05, 0.1) is 12.4 Å². The first-order chi connectivity index (χ1) is 10.3. The van der Waals surface area contributed by atoms with Crippen molar-refractivity contribution < 1.29 is 9.47 Å². The summed E-state index contributed by atoms with van der Waals surface area (Å²) in [4.78, 5) is 0. The zero-order valence-corrected chi connectivity index (χ0v) is 13.2. The third-order valence-electron chi connectivity index (χ3n) is 3.01. The zero-order chi connectivity index (χ0) is 14.9. The van der Waals surface area contributed by atoms with Crippen LogP contribution in [-0.2, 0) is 4.74 Å². The number of hydrogen-bond acceptors (Lipinski definition) is 5. The Kier molecular flexibility index (Phi) is 6.34. The first-order valence-corrected chi connectivity index (χ1v) is 8.10. The van der Waals surface area contributed by atoms with E-state index in [4.69, 9.17) is 9.47 Å². The molecule has 0 atom stereocenters. The average Bonchev–Trinajstić information content (AvgIpc) is 2.55. The topological polar surface area (TPSA) is 43.2 Å². The summed E-state index contributed by atoms with van der Waals surface area (Å²) in [5.41, 5.74) is 2.01. The lowest BCUT2D eigenvalue weighted by Gasteiger charge is -2.14. The molecule has 112 valence electrons. The van der Waals surface area contributed by atoms with E-state index >= 15 is 0 Å². The van der Waals surface area contributed by atoms with Gasteiger partial charge in [0.25, 0.3) is 0 Å². The van der Waals surface area contributed by atoms with Crippen LogP contribution in [0.3, 0.4) is 0 Å². The SMILES string of the molecule is C/C=C(\C)C1=NN=C(CSCCOc2ccccc2)OC1. The molecule has 1 aromatic carbocycles. The van der Waals surface area contributed by atoms with E-state index in [2.05, 4.69) is 10.2 Å². The predicted octanol–water partition coefficient (Wildman–Crippen LogP) is 3.55. The smallest absolute Gasteiger partial charge is 0.219 e. The van der Waals surface area contributed by atoms with E-state index in [1.165, 1.54) is 0 Å². The number of hydrogen-bond donors (Lipinski definition) is 0. The number of thioether (sulfide) groups is 1. The van der Waals surface area contributed by atoms with Crippen molar-refractivity contribution in [1.82, 2.24) is 0 Å². The standard InChI is InChI=1S/C16H20N2O2S/c1-3-13(2)15-11-20-16(18-17-15)12-21-10-9-19-14-7-5-4-6-8-14/h3-8H,9-12H2,1-2H3/b13-3+. The molecule has 1 aliphatic rings. The summed E-state index contributed by atoms with van der Waals surface area (Å²) in [7, 11) is 0. The molecule has 1 heterocycles. The van der Waals surface area contributed by atoms with E-state index in [9.17, 15) is 0 Å². The molecule has 1 aliphatic heterocycles. The van der Waals surface area contributed by atoms with E-state index in [1.54, 1.807) is 11.8 Å². The minimum atomic E-state index is 0.510. The van der Waals surface area contributed by atoms with E-state index in [0.29, 0.717) is 19.1 Å². The quantitative estimate of drug-likeness (QED) is 0.724. The summed E-state index contributed by atoms with van der Waals surface area (Å²) < 4.78 is 11.2. The van der Waals surface area contributed by atoms with Crippen molar-refractivity contribution in [3.05, 3.63) is 42.0 Å². The molecular weight excluding hydrogens is 284 g/mol. The molecule has 0 radical (unpaired) electrons. The Labute approximate surface area is 129 Å². The highest BCUT2D eigenvalue weighted by Gasteiger charge is 2.11. The van der Waals surface area contributed by atoms with Gasteiger partial charge in [-0.2, -0.15) is 0 Å². The van der Waals surface area contributed by atoms with Crippen molar-refractivity contribution in [2.45, 2.75) is 13.8 Å². The maximum absolute atomic E-state index is 5.62. The van der Waals surface area contributed by atoms with Crippen molar-refractivity contribution in [1.29, 1.82) is 0 Å². The van der Waals surface area contributed by atoms with Gasteiger partial charge in [0.2, 0.25) is 5.90 Å². The Hall–Kier alpha value is -1.75. The van der Waals surface area contributed by atoms with Gasteiger partial charge >= 0.3 is 0 Å². The van der Waals surface area contributed by atoms with E-state index in [1.807, 2.05) is 50.3 Å². The maximum atomic E-state index is 5.62. The summed E-state index contributed by atoms with van der Waals surface area (Å²) in [6.45, 7) is 5.18. The Balaban J connectivity index is 1.66. The maximum Gasteiger partial charge on any atom is 0.219 e. The van der Waals surface area contributed by atoms with Crippen LogP contribution in [0.2, 0.25) is 0 Å². The van der Waals surface area contributed by atoms with Crippen LogP contribution in [-0.4, -0.2) is 36.3 Å². The van der Waals surface area contributed by atoms with Crippen LogP contribution in [0.4, 0.5) is 0 Å². The number of ether oxygens (including phenoxy) is 2. The van der Waals surface area contributed by atoms with Crippen LogP contribution in [0, 0.1) is 0 Å². The normalized spacial score (nSPS) is 15.0. The van der Waals surface area contributed by atoms with Crippen LogP contribution >= 0.6 is 11.8 Å². The van der Waals surface area contributed by atoms with Gasteiger partial charge in [0, 0.05) is 5.75 Å². The first-order valence-electron chi connectivity index (χ1n) is 6.94. The highest BCUT2D eigenvalue weighted by Crippen LogP contribution is 2.11. The average molecular weight is 304 g/mol. The molecule has 0 aliphatic carbocycles. The summed E-state index contributed by atoms with van der Waals surface area (Å²) in [6, 6.07) is 9.83. The van der Waals surface area contributed by atoms with Gasteiger partial charge < -0.3 is 9.47 Å². The lowest BCUT2D eigenvalue weighted by Crippen LogP contribution is -2.20. The van der Waals surface area contributed by atoms with Crippen LogP contribution in [0.25, 0.3) is 0 Å². The molecule has 0 unspecified atom stereocenters. The van der Waals surface area contributed by atoms with Crippen molar-refractivity contribution in [3.63, 3.8) is 0 Å². The molecule has 0 bridgehead atoms. The van der Waals surface area contributed by atoms with Gasteiger partial charge in [0.15, 0.2) is 0 Å². The molecule has 0 amide bonds. The third kappa shape index (κ3) is 5.27. The molecular formula is C16H20N2O2S. The van der Waals surface area contributed by atoms with Gasteiger partial charge in [-0.1, -0.05) is 24.3 Å². The largest absolute Gasteiger partial charge is 0.493 e. The van der Waals surface area contributed by atoms with Crippen LogP contribution in [0.5, 0.6) is 5.75 Å². The molecule has 0 saturated carbocycles. The number of rotatable bonds is 7. The van der Waals surface area contributed by atoms with Gasteiger partial charge in [-0.3, -0.25) is 0 Å². The lowest BCUT2D eigenvalue weighted by atomic mass is 10.2. The second-order valence-electron chi connectivity index (χ2n) is 4.51. The molecule has 0 saturated heterocycles. The van der Waals surface area contributed by atoms with Crippen molar-refractivity contribution >= 4 is 23.4 Å². The summed E-state index contributed by atoms with van der Waals surface area (Å²) in [5.74, 6) is 3.21. The van der Waals surface area contributed by atoms with Gasteiger partial charge in [-0.15, -0.1) is 22.0 Å². The highest BCUT2D eigenvalue weighted by atomic mass is 32.2. The summed E-state index contributed by atoms with van der Waals surface area (Å²) in [5, 5.41) is 8.31. The number of allylic oxidation sites excluding steroid dienone is 1. The molecule has 2 rings (SSSR count). The van der Waals surface area contributed by atoms with Crippen LogP contribution < -0.4 is 4.74 Å². The van der Waals surface area contributed by atoms with Crippen LogP contribution in [0.15, 0.2) is 52.2 Å². The molecule has 0 N–H and O–H groups in total. The molecule has 21 heavy (non-hydrogen) atoms. The minimum Gasteiger partial charge on any atom is -0.493 e. The molecule has 0 fully saturated rings. The first kappa shape index (κ1) is 15.6. The van der Waals surface area contributed by atoms with E-state index in [-0.39, 0.29) is 0 Å². The predicted molar refractivity (Wildman–Crippen MR) is 89.5 cm³/mol. The van der Waals surface area contributed by atoms with Crippen molar-refractivity contribution in [3.8, 4) is 5.75 Å². The third-order valence-corrected chi connectivity index (χ3v) is 3.92. The molecule has 0 spiro atoms. The lowest BCUT2D eigenvalue weighted by molar-refractivity contribution is 0.343. The Morgan fingerprint density at radius 2 is 2.14 bits per heavy atom. The molecule has 1 aromatic rings. The second-order valence-corrected chi connectivity index (χ2v) is 5.62. The summed E-state index contributed by atoms with van der Waals surface area (Å²) >= 11 is 1.73. The number of nitrogens with zero attached hydrogens (tertiary/aromatic N) is 2. The van der Waals surface area contributed by atoms with Crippen molar-refractivity contribution in [2.75, 3.05) is 24.7 Å².